The fraction of sp³-hybridized carbons (Fsp3) is 0. The van der Waals surface area contributed by atoms with E-state index in [-0.39, 0.29) is 11.7 Å². The lowest BCUT2D eigenvalue weighted by molar-refractivity contribution is 0.318. The van der Waals surface area contributed by atoms with E-state index >= 15 is 0 Å². The maximum atomic E-state index is 12.8. The summed E-state index contributed by atoms with van der Waals surface area (Å²) >= 11 is 3.33. The molecule has 0 fully saturated rings. The minimum Gasteiger partial charge on any atom is -0.456 e. The lowest BCUT2D eigenvalue weighted by Crippen LogP contribution is -2.12. The zero-order chi connectivity index (χ0) is 13.8. The Kier molecular flexibility index (Phi) is 4.01. The molecule has 0 aliphatic carbocycles. The van der Waals surface area contributed by atoms with E-state index in [0.717, 1.165) is 0 Å². The average molecular weight is 325 g/mol. The lowest BCUT2D eigenvalue weighted by atomic mass is 10.2. The predicted molar refractivity (Wildman–Crippen MR) is 73.1 cm³/mol. The normalized spacial score (nSPS) is 11.4. The number of rotatable bonds is 3. The summed E-state index contributed by atoms with van der Waals surface area (Å²) in [7, 11) is 0. The summed E-state index contributed by atoms with van der Waals surface area (Å²) in [4.78, 5) is 0. The van der Waals surface area contributed by atoms with Crippen LogP contribution in [0.15, 0.2) is 52.1 Å². The van der Waals surface area contributed by atoms with Crippen molar-refractivity contribution in [2.24, 2.45) is 10.9 Å². The van der Waals surface area contributed by atoms with Crippen LogP contribution >= 0.6 is 15.9 Å². The molecule has 0 aliphatic heterocycles. The van der Waals surface area contributed by atoms with Crippen LogP contribution in [0.25, 0.3) is 0 Å². The van der Waals surface area contributed by atoms with E-state index in [0.29, 0.717) is 21.5 Å². The third-order valence-corrected chi connectivity index (χ3v) is 3.00. The molecule has 19 heavy (non-hydrogen) atoms. The van der Waals surface area contributed by atoms with E-state index in [1.165, 1.54) is 24.3 Å². The van der Waals surface area contributed by atoms with Crippen LogP contribution in [0.1, 0.15) is 5.56 Å². The van der Waals surface area contributed by atoms with Crippen molar-refractivity contribution in [1.29, 1.82) is 0 Å². The monoisotopic (exact) mass is 324 g/mol. The summed E-state index contributed by atoms with van der Waals surface area (Å²) in [6.07, 6.45) is 0. The fourth-order valence-corrected chi connectivity index (χ4v) is 1.89. The number of hydrogen-bond donors (Lipinski definition) is 2. The first-order valence-corrected chi connectivity index (χ1v) is 6.10. The fourth-order valence-electron chi connectivity index (χ4n) is 1.43. The van der Waals surface area contributed by atoms with Crippen molar-refractivity contribution in [3.63, 3.8) is 0 Å². The van der Waals surface area contributed by atoms with Crippen LogP contribution in [0, 0.1) is 5.82 Å². The van der Waals surface area contributed by atoms with E-state index in [9.17, 15) is 4.39 Å². The SMILES string of the molecule is N/C(=N/O)c1ccc(Oc2ccc(F)cc2)c(Br)c1. The van der Waals surface area contributed by atoms with Crippen LogP contribution in [-0.4, -0.2) is 11.0 Å². The molecule has 4 nitrogen and oxygen atoms in total. The molecule has 0 amide bonds. The van der Waals surface area contributed by atoms with E-state index in [2.05, 4.69) is 21.1 Å². The Morgan fingerprint density at radius 3 is 2.47 bits per heavy atom. The van der Waals surface area contributed by atoms with Gasteiger partial charge in [0.05, 0.1) is 4.47 Å². The largest absolute Gasteiger partial charge is 0.456 e. The third-order valence-electron chi connectivity index (χ3n) is 2.38. The Morgan fingerprint density at radius 2 is 1.89 bits per heavy atom. The van der Waals surface area contributed by atoms with E-state index < -0.39 is 0 Å². The van der Waals surface area contributed by atoms with Gasteiger partial charge in [-0.05, 0) is 58.4 Å². The van der Waals surface area contributed by atoms with Crippen molar-refractivity contribution < 1.29 is 14.3 Å². The van der Waals surface area contributed by atoms with Gasteiger partial charge in [-0.1, -0.05) is 5.16 Å². The van der Waals surface area contributed by atoms with Gasteiger partial charge in [0.15, 0.2) is 5.84 Å². The predicted octanol–water partition coefficient (Wildman–Crippen LogP) is 3.48. The number of nitrogens with zero attached hydrogens (tertiary/aromatic N) is 1. The number of amidine groups is 1. The zero-order valence-corrected chi connectivity index (χ0v) is 11.3. The molecule has 0 saturated heterocycles. The minimum atomic E-state index is -0.325. The van der Waals surface area contributed by atoms with Gasteiger partial charge >= 0.3 is 0 Å². The summed E-state index contributed by atoms with van der Waals surface area (Å²) < 4.78 is 19.0. The second kappa shape index (κ2) is 5.71. The number of benzene rings is 2. The quantitative estimate of drug-likeness (QED) is 0.393. The van der Waals surface area contributed by atoms with Crippen LogP contribution in [0.5, 0.6) is 11.5 Å². The van der Waals surface area contributed by atoms with Gasteiger partial charge in [-0.15, -0.1) is 0 Å². The summed E-state index contributed by atoms with van der Waals surface area (Å²) in [5, 5.41) is 11.5. The van der Waals surface area contributed by atoms with Crippen molar-refractivity contribution in [3.8, 4) is 11.5 Å². The van der Waals surface area contributed by atoms with Gasteiger partial charge in [0, 0.05) is 5.56 Å². The van der Waals surface area contributed by atoms with Crippen molar-refractivity contribution in [2.45, 2.75) is 0 Å². The van der Waals surface area contributed by atoms with Crippen LogP contribution < -0.4 is 10.5 Å². The molecule has 2 rings (SSSR count). The van der Waals surface area contributed by atoms with E-state index in [1.807, 2.05) is 0 Å². The van der Waals surface area contributed by atoms with Gasteiger partial charge in [-0.2, -0.15) is 0 Å². The molecule has 0 bridgehead atoms. The first-order chi connectivity index (χ1) is 9.10. The molecule has 98 valence electrons. The van der Waals surface area contributed by atoms with Crippen LogP contribution in [-0.2, 0) is 0 Å². The molecular formula is C13H10BrFN2O2. The maximum absolute atomic E-state index is 12.8. The van der Waals surface area contributed by atoms with Gasteiger partial charge in [-0.3, -0.25) is 0 Å². The number of nitrogens with two attached hydrogens (primary N) is 1. The summed E-state index contributed by atoms with van der Waals surface area (Å²) in [5.74, 6) is 0.738. The highest BCUT2D eigenvalue weighted by Crippen LogP contribution is 2.30. The highest BCUT2D eigenvalue weighted by atomic mass is 79.9. The highest BCUT2D eigenvalue weighted by Gasteiger charge is 2.06. The molecule has 3 N–H and O–H groups in total. The minimum absolute atomic E-state index is 0.00836. The molecule has 0 atom stereocenters. The Bertz CT molecular complexity index is 615. The number of ether oxygens (including phenoxy) is 1. The summed E-state index contributed by atoms with van der Waals surface area (Å²) in [5.41, 5.74) is 6.04. The molecule has 0 aromatic heterocycles. The Balaban J connectivity index is 2.24. The Morgan fingerprint density at radius 1 is 1.21 bits per heavy atom. The second-order valence-electron chi connectivity index (χ2n) is 3.69. The zero-order valence-electron chi connectivity index (χ0n) is 9.68. The van der Waals surface area contributed by atoms with Crippen molar-refractivity contribution >= 4 is 21.8 Å². The van der Waals surface area contributed by atoms with Gasteiger partial charge in [-0.25, -0.2) is 4.39 Å². The van der Waals surface area contributed by atoms with Crippen molar-refractivity contribution in [3.05, 3.63) is 58.3 Å². The van der Waals surface area contributed by atoms with E-state index in [1.54, 1.807) is 18.2 Å². The standard InChI is InChI=1S/C13H10BrFN2O2/c14-11-7-8(13(16)17-18)1-6-12(11)19-10-4-2-9(15)3-5-10/h1-7,18H,(H2,16,17). The molecule has 0 saturated carbocycles. The Hall–Kier alpha value is -2.08. The third kappa shape index (κ3) is 3.23. The molecule has 2 aromatic carbocycles. The summed E-state index contributed by atoms with van der Waals surface area (Å²) in [6.45, 7) is 0. The Labute approximate surface area is 117 Å². The highest BCUT2D eigenvalue weighted by molar-refractivity contribution is 9.10. The molecule has 6 heteroatoms. The molecular weight excluding hydrogens is 315 g/mol. The van der Waals surface area contributed by atoms with Gasteiger partial charge in [0.1, 0.15) is 17.3 Å². The lowest BCUT2D eigenvalue weighted by Gasteiger charge is -2.09. The first-order valence-electron chi connectivity index (χ1n) is 5.31. The van der Waals surface area contributed by atoms with E-state index in [4.69, 9.17) is 15.7 Å². The van der Waals surface area contributed by atoms with Gasteiger partial charge in [0.25, 0.3) is 0 Å². The van der Waals surface area contributed by atoms with Crippen molar-refractivity contribution in [1.82, 2.24) is 0 Å². The van der Waals surface area contributed by atoms with Crippen molar-refractivity contribution in [2.75, 3.05) is 0 Å². The number of halogens is 2. The van der Waals surface area contributed by atoms with Gasteiger partial charge in [0.2, 0.25) is 0 Å². The van der Waals surface area contributed by atoms with Crippen LogP contribution in [0.4, 0.5) is 4.39 Å². The summed E-state index contributed by atoms with van der Waals surface area (Å²) in [6, 6.07) is 10.7. The van der Waals surface area contributed by atoms with Crippen LogP contribution in [0.3, 0.4) is 0 Å². The average Bonchev–Trinajstić information content (AvgIpc) is 2.42. The second-order valence-corrected chi connectivity index (χ2v) is 4.54. The maximum Gasteiger partial charge on any atom is 0.170 e. The van der Waals surface area contributed by atoms with Crippen LogP contribution in [0.2, 0.25) is 0 Å². The number of hydrogen-bond acceptors (Lipinski definition) is 3. The molecule has 0 radical (unpaired) electrons. The first kappa shape index (κ1) is 13.4. The smallest absolute Gasteiger partial charge is 0.170 e. The molecule has 2 aromatic rings. The molecule has 0 spiro atoms. The molecule has 0 unspecified atom stereocenters. The molecule has 0 aliphatic rings. The molecule has 0 heterocycles. The number of oxime groups is 1. The van der Waals surface area contributed by atoms with Gasteiger partial charge < -0.3 is 15.7 Å². The topological polar surface area (TPSA) is 67.8 Å².